The van der Waals surface area contributed by atoms with Gasteiger partial charge in [-0.2, -0.15) is 0 Å². The van der Waals surface area contributed by atoms with Crippen LogP contribution in [0.4, 0.5) is 0 Å². The largest absolute Gasteiger partial charge is 0.484 e. The van der Waals surface area contributed by atoms with E-state index >= 15 is 0 Å². The van der Waals surface area contributed by atoms with Gasteiger partial charge >= 0.3 is 0 Å². The van der Waals surface area contributed by atoms with E-state index in [-0.39, 0.29) is 18.3 Å². The maximum Gasteiger partial charge on any atom is 0.257 e. The van der Waals surface area contributed by atoms with E-state index < -0.39 is 0 Å². The van der Waals surface area contributed by atoms with E-state index in [0.717, 1.165) is 5.56 Å². The van der Waals surface area contributed by atoms with E-state index in [1.54, 1.807) is 24.3 Å². The zero-order valence-electron chi connectivity index (χ0n) is 12.8. The molecule has 0 saturated carbocycles. The number of rotatable bonds is 7. The summed E-state index contributed by atoms with van der Waals surface area (Å²) >= 11 is 5.91. The number of carbonyl (C=O) groups is 2. The Kier molecular flexibility index (Phi) is 6.18. The first-order chi connectivity index (χ1) is 11.0. The molecule has 0 aliphatic carbocycles. The lowest BCUT2D eigenvalue weighted by atomic mass is 10.1. The van der Waals surface area contributed by atoms with Gasteiger partial charge in [-0.05, 0) is 43.2 Å². The molecule has 0 spiro atoms. The molecule has 0 aliphatic rings. The third-order valence-electron chi connectivity index (χ3n) is 3.24. The second-order valence-corrected chi connectivity index (χ2v) is 5.54. The summed E-state index contributed by atoms with van der Waals surface area (Å²) in [5, 5.41) is 3.47. The van der Waals surface area contributed by atoms with Gasteiger partial charge in [0.2, 0.25) is 0 Å². The van der Waals surface area contributed by atoms with Crippen LogP contribution in [0.2, 0.25) is 5.02 Å². The van der Waals surface area contributed by atoms with Crippen LogP contribution in [0.3, 0.4) is 0 Å². The average molecular weight is 332 g/mol. The van der Waals surface area contributed by atoms with Gasteiger partial charge in [-0.3, -0.25) is 9.59 Å². The normalized spacial score (nSPS) is 10.2. The molecule has 0 aliphatic heterocycles. The first-order valence-electron chi connectivity index (χ1n) is 7.29. The molecule has 0 heterocycles. The second kappa shape index (κ2) is 8.34. The number of ether oxygens (including phenoxy) is 1. The first-order valence-corrected chi connectivity index (χ1v) is 7.67. The number of ketones is 1. The van der Waals surface area contributed by atoms with Crippen LogP contribution in [0.1, 0.15) is 22.8 Å². The van der Waals surface area contributed by atoms with Gasteiger partial charge in [0.05, 0.1) is 0 Å². The molecule has 0 atom stereocenters. The summed E-state index contributed by atoms with van der Waals surface area (Å²) in [5.41, 5.74) is 1.62. The highest BCUT2D eigenvalue weighted by Gasteiger charge is 2.05. The summed E-state index contributed by atoms with van der Waals surface area (Å²) < 4.78 is 5.40. The first kappa shape index (κ1) is 17.0. The van der Waals surface area contributed by atoms with Gasteiger partial charge in [-0.1, -0.05) is 35.9 Å². The van der Waals surface area contributed by atoms with Crippen molar-refractivity contribution in [3.05, 3.63) is 64.7 Å². The minimum Gasteiger partial charge on any atom is -0.484 e. The smallest absolute Gasteiger partial charge is 0.257 e. The molecular weight excluding hydrogens is 314 g/mol. The van der Waals surface area contributed by atoms with E-state index in [9.17, 15) is 9.59 Å². The fourth-order valence-corrected chi connectivity index (χ4v) is 2.26. The van der Waals surface area contributed by atoms with E-state index in [1.165, 1.54) is 6.92 Å². The van der Waals surface area contributed by atoms with Crippen LogP contribution in [0.25, 0.3) is 0 Å². The number of Topliss-reactive ketones (excluding diaryl/α,β-unsaturated/α-hetero) is 1. The van der Waals surface area contributed by atoms with Crippen molar-refractivity contribution in [3.63, 3.8) is 0 Å². The number of hydrogen-bond donors (Lipinski definition) is 1. The van der Waals surface area contributed by atoms with Gasteiger partial charge in [-0.25, -0.2) is 0 Å². The zero-order valence-corrected chi connectivity index (χ0v) is 13.6. The van der Waals surface area contributed by atoms with Gasteiger partial charge < -0.3 is 10.1 Å². The molecule has 120 valence electrons. The molecular formula is C18H18ClNO3. The zero-order chi connectivity index (χ0) is 16.7. The number of hydrogen-bond acceptors (Lipinski definition) is 3. The Bertz CT molecular complexity index is 700. The summed E-state index contributed by atoms with van der Waals surface area (Å²) in [6.45, 7) is 1.91. The van der Waals surface area contributed by atoms with Crippen LogP contribution in [0.15, 0.2) is 48.5 Å². The van der Waals surface area contributed by atoms with Crippen molar-refractivity contribution in [1.82, 2.24) is 5.32 Å². The predicted octanol–water partition coefficient (Wildman–Crippen LogP) is 3.28. The lowest BCUT2D eigenvalue weighted by Crippen LogP contribution is -2.30. The van der Waals surface area contributed by atoms with Crippen molar-refractivity contribution in [2.45, 2.75) is 13.3 Å². The van der Waals surface area contributed by atoms with Crippen LogP contribution in [0.5, 0.6) is 5.75 Å². The van der Waals surface area contributed by atoms with Crippen molar-refractivity contribution >= 4 is 23.3 Å². The van der Waals surface area contributed by atoms with E-state index in [2.05, 4.69) is 5.32 Å². The Morgan fingerprint density at radius 3 is 2.65 bits per heavy atom. The van der Waals surface area contributed by atoms with Crippen molar-refractivity contribution < 1.29 is 14.3 Å². The van der Waals surface area contributed by atoms with Crippen LogP contribution >= 0.6 is 11.6 Å². The summed E-state index contributed by atoms with van der Waals surface area (Å²) in [4.78, 5) is 23.1. The Morgan fingerprint density at radius 2 is 1.91 bits per heavy atom. The highest BCUT2D eigenvalue weighted by Crippen LogP contribution is 2.13. The molecule has 2 aromatic carbocycles. The number of halogens is 1. The van der Waals surface area contributed by atoms with E-state index in [4.69, 9.17) is 16.3 Å². The summed E-state index contributed by atoms with van der Waals surface area (Å²) in [5.74, 6) is 0.254. The topological polar surface area (TPSA) is 55.4 Å². The average Bonchev–Trinajstić information content (AvgIpc) is 2.53. The lowest BCUT2D eigenvalue weighted by Gasteiger charge is -2.08. The maximum atomic E-state index is 11.8. The molecule has 4 nitrogen and oxygen atoms in total. The van der Waals surface area contributed by atoms with Crippen LogP contribution in [0, 0.1) is 0 Å². The fourth-order valence-electron chi connectivity index (χ4n) is 2.04. The molecule has 0 radical (unpaired) electrons. The summed E-state index contributed by atoms with van der Waals surface area (Å²) in [6.07, 6.45) is 0.701. The number of benzene rings is 2. The highest BCUT2D eigenvalue weighted by atomic mass is 35.5. The molecule has 1 N–H and O–H groups in total. The predicted molar refractivity (Wildman–Crippen MR) is 90.1 cm³/mol. The van der Waals surface area contributed by atoms with Crippen LogP contribution in [-0.4, -0.2) is 24.8 Å². The standard InChI is InChI=1S/C18H18ClNO3/c1-13(21)15-5-3-7-17(11-15)23-12-18(22)20-9-8-14-4-2-6-16(19)10-14/h2-7,10-11H,8-9,12H2,1H3,(H,20,22). The number of amides is 1. The third kappa shape index (κ3) is 5.75. The Balaban J connectivity index is 1.75. The molecule has 2 rings (SSSR count). The quantitative estimate of drug-likeness (QED) is 0.792. The Labute approximate surface area is 140 Å². The van der Waals surface area contributed by atoms with Crippen molar-refractivity contribution in [2.75, 3.05) is 13.2 Å². The molecule has 0 aromatic heterocycles. The van der Waals surface area contributed by atoms with Gasteiger partial charge in [0, 0.05) is 17.1 Å². The second-order valence-electron chi connectivity index (χ2n) is 5.10. The Morgan fingerprint density at radius 1 is 1.13 bits per heavy atom. The minimum absolute atomic E-state index is 0.0403. The summed E-state index contributed by atoms with van der Waals surface area (Å²) in [6, 6.07) is 14.3. The molecule has 0 fully saturated rings. The van der Waals surface area contributed by atoms with Crippen LogP contribution < -0.4 is 10.1 Å². The molecule has 23 heavy (non-hydrogen) atoms. The van der Waals surface area contributed by atoms with Gasteiger partial charge in [0.1, 0.15) is 5.75 Å². The molecule has 0 bridgehead atoms. The Hall–Kier alpha value is -2.33. The third-order valence-corrected chi connectivity index (χ3v) is 3.47. The molecule has 0 saturated heterocycles. The highest BCUT2D eigenvalue weighted by molar-refractivity contribution is 6.30. The van der Waals surface area contributed by atoms with E-state index in [1.807, 2.05) is 24.3 Å². The van der Waals surface area contributed by atoms with Gasteiger partial charge in [0.25, 0.3) is 5.91 Å². The fraction of sp³-hybridized carbons (Fsp3) is 0.222. The van der Waals surface area contributed by atoms with Gasteiger partial charge in [-0.15, -0.1) is 0 Å². The molecule has 2 aromatic rings. The molecule has 1 amide bonds. The number of carbonyl (C=O) groups excluding carboxylic acids is 2. The van der Waals surface area contributed by atoms with Crippen LogP contribution in [-0.2, 0) is 11.2 Å². The lowest BCUT2D eigenvalue weighted by molar-refractivity contribution is -0.123. The SMILES string of the molecule is CC(=O)c1cccc(OCC(=O)NCCc2cccc(Cl)c2)c1. The van der Waals surface area contributed by atoms with Crippen molar-refractivity contribution in [2.24, 2.45) is 0 Å². The van der Waals surface area contributed by atoms with Crippen molar-refractivity contribution in [3.8, 4) is 5.75 Å². The molecule has 5 heteroatoms. The van der Waals surface area contributed by atoms with Crippen molar-refractivity contribution in [1.29, 1.82) is 0 Å². The van der Waals surface area contributed by atoms with E-state index in [0.29, 0.717) is 29.3 Å². The monoisotopic (exact) mass is 331 g/mol. The maximum absolute atomic E-state index is 11.8. The molecule has 0 unspecified atom stereocenters. The van der Waals surface area contributed by atoms with Gasteiger partial charge in [0.15, 0.2) is 12.4 Å². The minimum atomic E-state index is -0.208. The summed E-state index contributed by atoms with van der Waals surface area (Å²) in [7, 11) is 0. The number of nitrogens with one attached hydrogen (secondary N) is 1.